The summed E-state index contributed by atoms with van der Waals surface area (Å²) in [5.41, 5.74) is 7.91. The average molecular weight is 275 g/mol. The largest absolute Gasteiger partial charge is 0.490 e. The SMILES string of the molecule is Cc1c(N)cccc1OC1CCOC2(CCCCC2)C1. The van der Waals surface area contributed by atoms with E-state index in [2.05, 4.69) is 0 Å². The number of ether oxygens (including phenoxy) is 2. The highest BCUT2D eigenvalue weighted by molar-refractivity contribution is 5.53. The van der Waals surface area contributed by atoms with Gasteiger partial charge < -0.3 is 15.2 Å². The fourth-order valence-electron chi connectivity index (χ4n) is 3.57. The van der Waals surface area contributed by atoms with Gasteiger partial charge >= 0.3 is 0 Å². The van der Waals surface area contributed by atoms with Gasteiger partial charge in [-0.25, -0.2) is 0 Å². The topological polar surface area (TPSA) is 44.5 Å². The summed E-state index contributed by atoms with van der Waals surface area (Å²) in [6.07, 6.45) is 8.62. The minimum atomic E-state index is 0.0927. The molecule has 2 fully saturated rings. The third kappa shape index (κ3) is 2.78. The Kier molecular flexibility index (Phi) is 3.88. The number of rotatable bonds is 2. The lowest BCUT2D eigenvalue weighted by molar-refractivity contribution is -0.129. The van der Waals surface area contributed by atoms with Crippen molar-refractivity contribution in [2.45, 2.75) is 63.6 Å². The lowest BCUT2D eigenvalue weighted by atomic mass is 9.79. The second-order valence-electron chi connectivity index (χ2n) is 6.30. The Morgan fingerprint density at radius 3 is 2.85 bits per heavy atom. The first-order chi connectivity index (χ1) is 9.69. The molecule has 3 nitrogen and oxygen atoms in total. The maximum Gasteiger partial charge on any atom is 0.124 e. The van der Waals surface area contributed by atoms with Crippen LogP contribution in [0.2, 0.25) is 0 Å². The van der Waals surface area contributed by atoms with Gasteiger partial charge in [0.2, 0.25) is 0 Å². The summed E-state index contributed by atoms with van der Waals surface area (Å²) in [5, 5.41) is 0. The van der Waals surface area contributed by atoms with Gasteiger partial charge in [0.15, 0.2) is 0 Å². The first-order valence-corrected chi connectivity index (χ1v) is 7.84. The minimum Gasteiger partial charge on any atom is -0.490 e. The van der Waals surface area contributed by atoms with Crippen LogP contribution in [-0.2, 0) is 4.74 Å². The van der Waals surface area contributed by atoms with E-state index in [1.165, 1.54) is 32.1 Å². The Bertz CT molecular complexity index is 461. The molecule has 1 saturated carbocycles. The molecule has 1 aromatic rings. The molecule has 1 unspecified atom stereocenters. The molecule has 2 N–H and O–H groups in total. The van der Waals surface area contributed by atoms with Crippen molar-refractivity contribution in [3.63, 3.8) is 0 Å². The normalized spacial score (nSPS) is 25.6. The number of hydrogen-bond donors (Lipinski definition) is 1. The summed E-state index contributed by atoms with van der Waals surface area (Å²) in [6, 6.07) is 5.91. The standard InChI is InChI=1S/C17H25NO2/c1-13-15(18)6-5-7-16(13)20-14-8-11-19-17(12-14)9-3-2-4-10-17/h5-7,14H,2-4,8-12,18H2,1H3. The van der Waals surface area contributed by atoms with E-state index in [1.54, 1.807) is 0 Å². The molecule has 20 heavy (non-hydrogen) atoms. The molecule has 1 aromatic carbocycles. The molecule has 1 aliphatic carbocycles. The van der Waals surface area contributed by atoms with Crippen molar-refractivity contribution >= 4 is 5.69 Å². The zero-order chi connectivity index (χ0) is 14.0. The van der Waals surface area contributed by atoms with Gasteiger partial charge in [0.1, 0.15) is 11.9 Å². The van der Waals surface area contributed by atoms with Gasteiger partial charge in [-0.05, 0) is 31.9 Å². The molecular weight excluding hydrogens is 250 g/mol. The number of hydrogen-bond acceptors (Lipinski definition) is 3. The van der Waals surface area contributed by atoms with E-state index in [9.17, 15) is 0 Å². The summed E-state index contributed by atoms with van der Waals surface area (Å²) >= 11 is 0. The van der Waals surface area contributed by atoms with E-state index in [-0.39, 0.29) is 11.7 Å². The molecule has 0 aromatic heterocycles. The zero-order valence-corrected chi connectivity index (χ0v) is 12.4. The predicted octanol–water partition coefficient (Wildman–Crippen LogP) is 3.84. The summed E-state index contributed by atoms with van der Waals surface area (Å²) < 4.78 is 12.4. The number of nitrogen functional groups attached to an aromatic ring is 1. The molecule has 0 radical (unpaired) electrons. The van der Waals surface area contributed by atoms with Crippen LogP contribution in [0.4, 0.5) is 5.69 Å². The van der Waals surface area contributed by atoms with Gasteiger partial charge in [-0.15, -0.1) is 0 Å². The molecular formula is C17H25NO2. The molecule has 0 bridgehead atoms. The molecule has 3 rings (SSSR count). The van der Waals surface area contributed by atoms with Crippen LogP contribution in [0.25, 0.3) is 0 Å². The lowest BCUT2D eigenvalue weighted by Crippen LogP contribution is -2.45. The van der Waals surface area contributed by atoms with Gasteiger partial charge in [-0.3, -0.25) is 0 Å². The second kappa shape index (κ2) is 5.65. The van der Waals surface area contributed by atoms with Crippen LogP contribution >= 0.6 is 0 Å². The van der Waals surface area contributed by atoms with Crippen LogP contribution in [-0.4, -0.2) is 18.3 Å². The highest BCUT2D eigenvalue weighted by Crippen LogP contribution is 2.40. The number of nitrogens with two attached hydrogens (primary N) is 1. The molecule has 0 amide bonds. The monoisotopic (exact) mass is 275 g/mol. The van der Waals surface area contributed by atoms with Gasteiger partial charge in [0.05, 0.1) is 12.2 Å². The Balaban J connectivity index is 1.69. The third-order valence-corrected chi connectivity index (χ3v) is 4.83. The average Bonchev–Trinajstić information content (AvgIpc) is 2.45. The number of benzene rings is 1. The molecule has 1 aliphatic heterocycles. The van der Waals surface area contributed by atoms with E-state index in [4.69, 9.17) is 15.2 Å². The fourth-order valence-corrected chi connectivity index (χ4v) is 3.57. The van der Waals surface area contributed by atoms with Crippen molar-refractivity contribution in [3.8, 4) is 5.75 Å². The zero-order valence-electron chi connectivity index (χ0n) is 12.4. The van der Waals surface area contributed by atoms with Crippen molar-refractivity contribution in [1.82, 2.24) is 0 Å². The van der Waals surface area contributed by atoms with Gasteiger partial charge in [-0.1, -0.05) is 25.3 Å². The number of anilines is 1. The van der Waals surface area contributed by atoms with E-state index >= 15 is 0 Å². The maximum atomic E-state index is 6.23. The summed E-state index contributed by atoms with van der Waals surface area (Å²) in [6.45, 7) is 2.85. The van der Waals surface area contributed by atoms with Crippen molar-refractivity contribution < 1.29 is 9.47 Å². The summed E-state index contributed by atoms with van der Waals surface area (Å²) in [7, 11) is 0. The summed E-state index contributed by atoms with van der Waals surface area (Å²) in [4.78, 5) is 0. The molecule has 3 heteroatoms. The van der Waals surface area contributed by atoms with Crippen LogP contribution < -0.4 is 10.5 Å². The molecule has 2 aliphatic rings. The molecule has 1 atom stereocenters. The van der Waals surface area contributed by atoms with E-state index < -0.39 is 0 Å². The lowest BCUT2D eigenvalue weighted by Gasteiger charge is -2.43. The molecule has 1 heterocycles. The first-order valence-electron chi connectivity index (χ1n) is 7.84. The fraction of sp³-hybridized carbons (Fsp3) is 0.647. The van der Waals surface area contributed by atoms with E-state index in [0.29, 0.717) is 0 Å². The Morgan fingerprint density at radius 2 is 2.05 bits per heavy atom. The first kappa shape index (κ1) is 13.7. The molecule has 1 saturated heterocycles. The highest BCUT2D eigenvalue weighted by atomic mass is 16.5. The van der Waals surface area contributed by atoms with Gasteiger partial charge in [0.25, 0.3) is 0 Å². The molecule has 1 spiro atoms. The predicted molar refractivity (Wildman–Crippen MR) is 81.0 cm³/mol. The van der Waals surface area contributed by atoms with Crippen molar-refractivity contribution in [2.24, 2.45) is 0 Å². The molecule has 110 valence electrons. The highest BCUT2D eigenvalue weighted by Gasteiger charge is 2.39. The van der Waals surface area contributed by atoms with Crippen molar-refractivity contribution in [3.05, 3.63) is 23.8 Å². The minimum absolute atomic E-state index is 0.0927. The maximum absolute atomic E-state index is 6.23. The van der Waals surface area contributed by atoms with Gasteiger partial charge in [-0.2, -0.15) is 0 Å². The van der Waals surface area contributed by atoms with Crippen LogP contribution in [0, 0.1) is 6.92 Å². The quantitative estimate of drug-likeness (QED) is 0.834. The van der Waals surface area contributed by atoms with Gasteiger partial charge in [0, 0.05) is 24.1 Å². The Morgan fingerprint density at radius 1 is 1.25 bits per heavy atom. The van der Waals surface area contributed by atoms with Crippen LogP contribution in [0.3, 0.4) is 0 Å². The second-order valence-corrected chi connectivity index (χ2v) is 6.30. The third-order valence-electron chi connectivity index (χ3n) is 4.83. The van der Waals surface area contributed by atoms with Crippen LogP contribution in [0.1, 0.15) is 50.5 Å². The van der Waals surface area contributed by atoms with Crippen molar-refractivity contribution in [2.75, 3.05) is 12.3 Å². The van der Waals surface area contributed by atoms with Crippen LogP contribution in [0.15, 0.2) is 18.2 Å². The smallest absolute Gasteiger partial charge is 0.124 e. The van der Waals surface area contributed by atoms with Crippen molar-refractivity contribution in [1.29, 1.82) is 0 Å². The summed E-state index contributed by atoms with van der Waals surface area (Å²) in [5.74, 6) is 0.933. The van der Waals surface area contributed by atoms with E-state index in [0.717, 1.165) is 36.4 Å². The van der Waals surface area contributed by atoms with Crippen LogP contribution in [0.5, 0.6) is 5.75 Å². The van der Waals surface area contributed by atoms with E-state index in [1.807, 2.05) is 25.1 Å². The Hall–Kier alpha value is -1.22. The Labute approximate surface area is 121 Å².